The molecule has 1 fully saturated rings. The van der Waals surface area contributed by atoms with Crippen LogP contribution in [0.15, 0.2) is 30.3 Å². The summed E-state index contributed by atoms with van der Waals surface area (Å²) in [7, 11) is 0. The summed E-state index contributed by atoms with van der Waals surface area (Å²) in [4.78, 5) is 30.5. The predicted octanol–water partition coefficient (Wildman–Crippen LogP) is 1.91. The largest absolute Gasteiger partial charge is 0.327 e. The normalized spacial score (nSPS) is 15.0. The van der Waals surface area contributed by atoms with Crippen LogP contribution >= 0.6 is 11.3 Å². The van der Waals surface area contributed by atoms with E-state index in [1.807, 2.05) is 49.1 Å². The second-order valence-corrected chi connectivity index (χ2v) is 8.57. The van der Waals surface area contributed by atoms with Crippen LogP contribution in [0.2, 0.25) is 0 Å². The van der Waals surface area contributed by atoms with Crippen molar-refractivity contribution in [3.05, 3.63) is 51.2 Å². The third-order valence-electron chi connectivity index (χ3n) is 5.11. The molecule has 0 bridgehead atoms. The number of nitrogens with zero attached hydrogens (tertiary/aromatic N) is 1. The Morgan fingerprint density at radius 1 is 1.19 bits per heavy atom. The Labute approximate surface area is 165 Å². The number of hydrogen-bond acceptors (Lipinski definition) is 3. The maximum Gasteiger partial charge on any atom is 0.279 e. The number of anilines is 1. The van der Waals surface area contributed by atoms with Crippen LogP contribution < -0.4 is 10.2 Å². The van der Waals surface area contributed by atoms with Crippen LogP contribution in [-0.2, 0) is 11.2 Å². The van der Waals surface area contributed by atoms with Gasteiger partial charge in [-0.3, -0.25) is 9.59 Å². The number of nitrogens with one attached hydrogen (secondary N) is 2. The van der Waals surface area contributed by atoms with Crippen molar-refractivity contribution in [2.45, 2.75) is 27.2 Å². The van der Waals surface area contributed by atoms with Crippen molar-refractivity contribution >= 4 is 28.8 Å². The Bertz CT molecular complexity index is 823. The molecular weight excluding hydrogens is 358 g/mol. The van der Waals surface area contributed by atoms with Crippen molar-refractivity contribution in [2.24, 2.45) is 0 Å². The molecule has 2 heterocycles. The Morgan fingerprint density at radius 3 is 2.52 bits per heavy atom. The molecule has 3 rings (SSSR count). The smallest absolute Gasteiger partial charge is 0.279 e. The molecule has 0 radical (unpaired) electrons. The van der Waals surface area contributed by atoms with E-state index < -0.39 is 0 Å². The number of carbonyl (C=O) groups is 2. The molecule has 1 saturated heterocycles. The number of piperazine rings is 1. The number of quaternary nitrogens is 1. The summed E-state index contributed by atoms with van der Waals surface area (Å²) in [6, 6.07) is 9.92. The molecule has 1 aliphatic rings. The number of carbonyl (C=O) groups excluding carboxylic acids is 2. The molecule has 2 amide bonds. The predicted molar refractivity (Wildman–Crippen MR) is 110 cm³/mol. The van der Waals surface area contributed by atoms with E-state index in [0.717, 1.165) is 41.2 Å². The lowest BCUT2D eigenvalue weighted by Crippen LogP contribution is -3.15. The Balaban J connectivity index is 1.51. The van der Waals surface area contributed by atoms with Crippen molar-refractivity contribution < 1.29 is 14.5 Å². The van der Waals surface area contributed by atoms with E-state index >= 15 is 0 Å². The van der Waals surface area contributed by atoms with E-state index in [-0.39, 0.29) is 11.8 Å². The highest BCUT2D eigenvalue weighted by Gasteiger charge is 2.27. The summed E-state index contributed by atoms with van der Waals surface area (Å²) >= 11 is 1.67. The number of thiophene rings is 1. The van der Waals surface area contributed by atoms with E-state index in [1.54, 1.807) is 11.3 Å². The van der Waals surface area contributed by atoms with Crippen molar-refractivity contribution in [3.63, 3.8) is 0 Å². The quantitative estimate of drug-likeness (QED) is 0.825. The summed E-state index contributed by atoms with van der Waals surface area (Å²) < 4.78 is 0. The first-order valence-electron chi connectivity index (χ1n) is 9.55. The molecule has 2 N–H and O–H groups in total. The van der Waals surface area contributed by atoms with Gasteiger partial charge in [0.05, 0.1) is 31.7 Å². The fraction of sp³-hybridized carbons (Fsp3) is 0.429. The zero-order chi connectivity index (χ0) is 19.4. The number of para-hydroxylation sites is 1. The van der Waals surface area contributed by atoms with E-state index in [2.05, 4.69) is 12.2 Å². The van der Waals surface area contributed by atoms with Gasteiger partial charge in [-0.2, -0.15) is 0 Å². The second-order valence-electron chi connectivity index (χ2n) is 7.10. The topological polar surface area (TPSA) is 53.9 Å². The highest BCUT2D eigenvalue weighted by molar-refractivity contribution is 7.12. The summed E-state index contributed by atoms with van der Waals surface area (Å²) in [5, 5.41) is 3.04. The van der Waals surface area contributed by atoms with Gasteiger partial charge in [-0.05, 0) is 38.0 Å². The van der Waals surface area contributed by atoms with E-state index in [9.17, 15) is 9.59 Å². The van der Waals surface area contributed by atoms with Crippen LogP contribution in [0.4, 0.5) is 5.69 Å². The average molecular weight is 387 g/mol. The number of amides is 2. The summed E-state index contributed by atoms with van der Waals surface area (Å²) in [5.41, 5.74) is 2.88. The molecule has 2 aromatic rings. The van der Waals surface area contributed by atoms with Gasteiger partial charge in [-0.1, -0.05) is 25.1 Å². The first kappa shape index (κ1) is 19.6. The van der Waals surface area contributed by atoms with Crippen LogP contribution in [0.5, 0.6) is 0 Å². The molecule has 5 nitrogen and oxygen atoms in total. The first-order valence-corrected chi connectivity index (χ1v) is 10.4. The number of hydrogen-bond donors (Lipinski definition) is 2. The van der Waals surface area contributed by atoms with Crippen LogP contribution in [-0.4, -0.2) is 49.4 Å². The molecule has 1 aliphatic heterocycles. The van der Waals surface area contributed by atoms with Crippen molar-refractivity contribution in [1.82, 2.24) is 4.90 Å². The molecule has 0 atom stereocenters. The first-order chi connectivity index (χ1) is 13.0. The molecule has 1 aromatic heterocycles. The van der Waals surface area contributed by atoms with E-state index in [0.29, 0.717) is 19.6 Å². The van der Waals surface area contributed by atoms with Gasteiger partial charge in [0.15, 0.2) is 6.54 Å². The summed E-state index contributed by atoms with van der Waals surface area (Å²) in [5.74, 6) is 0.159. The fourth-order valence-electron chi connectivity index (χ4n) is 3.59. The highest BCUT2D eigenvalue weighted by Crippen LogP contribution is 2.22. The summed E-state index contributed by atoms with van der Waals surface area (Å²) in [6.45, 7) is 9.56. The molecule has 6 heteroatoms. The van der Waals surface area contributed by atoms with Crippen molar-refractivity contribution in [1.29, 1.82) is 0 Å². The second kappa shape index (κ2) is 8.67. The average Bonchev–Trinajstić information content (AvgIpc) is 3.00. The Morgan fingerprint density at radius 2 is 1.89 bits per heavy atom. The zero-order valence-corrected chi connectivity index (χ0v) is 17.1. The third kappa shape index (κ3) is 4.76. The highest BCUT2D eigenvalue weighted by atomic mass is 32.1. The molecule has 0 saturated carbocycles. The van der Waals surface area contributed by atoms with Crippen molar-refractivity contribution in [2.75, 3.05) is 38.0 Å². The van der Waals surface area contributed by atoms with Gasteiger partial charge in [-0.25, -0.2) is 0 Å². The van der Waals surface area contributed by atoms with Gasteiger partial charge in [0.2, 0.25) is 0 Å². The fourth-order valence-corrected chi connectivity index (χ4v) is 4.50. The number of rotatable bonds is 5. The van der Waals surface area contributed by atoms with Crippen LogP contribution in [0.1, 0.15) is 32.6 Å². The van der Waals surface area contributed by atoms with E-state index in [1.165, 1.54) is 9.78 Å². The van der Waals surface area contributed by atoms with Gasteiger partial charge >= 0.3 is 0 Å². The van der Waals surface area contributed by atoms with Gasteiger partial charge in [-0.15, -0.1) is 11.3 Å². The Kier molecular flexibility index (Phi) is 6.29. The van der Waals surface area contributed by atoms with Gasteiger partial charge in [0.25, 0.3) is 11.8 Å². The lowest BCUT2D eigenvalue weighted by molar-refractivity contribution is -0.895. The Hall–Kier alpha value is -2.18. The minimum absolute atomic E-state index is 0.0370. The van der Waals surface area contributed by atoms with Crippen LogP contribution in [0.25, 0.3) is 0 Å². The zero-order valence-electron chi connectivity index (χ0n) is 16.3. The van der Waals surface area contributed by atoms with Gasteiger partial charge in [0.1, 0.15) is 0 Å². The van der Waals surface area contributed by atoms with Gasteiger partial charge < -0.3 is 15.1 Å². The molecule has 0 unspecified atom stereocenters. The third-order valence-corrected chi connectivity index (χ3v) is 6.08. The van der Waals surface area contributed by atoms with Crippen LogP contribution in [0.3, 0.4) is 0 Å². The lowest BCUT2D eigenvalue weighted by atomic mass is 10.1. The van der Waals surface area contributed by atoms with Crippen molar-refractivity contribution in [3.8, 4) is 0 Å². The lowest BCUT2D eigenvalue weighted by Gasteiger charge is -2.32. The van der Waals surface area contributed by atoms with E-state index in [4.69, 9.17) is 0 Å². The standard InChI is InChI=1S/C21H27N3O2S/c1-4-17-7-5-6-8-19(17)22-20(25)14-23-9-11-24(12-10-23)21(26)18-13-15(2)27-16(18)3/h5-8,13H,4,9-12,14H2,1-3H3,(H,22,25)/p+1. The molecule has 0 aliphatic carbocycles. The molecule has 1 aromatic carbocycles. The molecular formula is C21H28N3O2S+. The number of aryl methyl sites for hydroxylation is 3. The SMILES string of the molecule is CCc1ccccc1NC(=O)C[NH+]1CCN(C(=O)c2cc(C)sc2C)CC1. The monoisotopic (exact) mass is 386 g/mol. The maximum absolute atomic E-state index is 12.7. The minimum Gasteiger partial charge on any atom is -0.327 e. The van der Waals surface area contributed by atoms with Gasteiger partial charge in [0, 0.05) is 15.4 Å². The molecule has 0 spiro atoms. The number of benzene rings is 1. The summed E-state index contributed by atoms with van der Waals surface area (Å²) in [6.07, 6.45) is 0.894. The maximum atomic E-state index is 12.7. The molecule has 27 heavy (non-hydrogen) atoms. The van der Waals surface area contributed by atoms with Crippen LogP contribution in [0, 0.1) is 13.8 Å². The molecule has 144 valence electrons. The minimum atomic E-state index is 0.0370.